The third kappa shape index (κ3) is 3.17. The van der Waals surface area contributed by atoms with E-state index in [1.54, 1.807) is 7.05 Å². The number of nitrogens with zero attached hydrogens (tertiary/aromatic N) is 2. The van der Waals surface area contributed by atoms with E-state index >= 15 is 0 Å². The first-order chi connectivity index (χ1) is 7.08. The normalized spacial score (nSPS) is 12.6. The third-order valence-electron chi connectivity index (χ3n) is 1.78. The summed E-state index contributed by atoms with van der Waals surface area (Å²) in [6.07, 6.45) is -0.790. The van der Waals surface area contributed by atoms with Gasteiger partial charge in [-0.3, -0.25) is 0 Å². The lowest BCUT2D eigenvalue weighted by Crippen LogP contribution is -2.16. The van der Waals surface area contributed by atoms with Gasteiger partial charge in [0.2, 0.25) is 5.95 Å². The molecule has 1 unspecified atom stereocenters. The van der Waals surface area contributed by atoms with Crippen molar-refractivity contribution in [2.24, 2.45) is 0 Å². The zero-order chi connectivity index (χ0) is 11.4. The number of rotatable bonds is 4. The average molecular weight is 252 g/mol. The minimum absolute atomic E-state index is 0.123. The van der Waals surface area contributed by atoms with Crippen LogP contribution in [0.5, 0.6) is 0 Å². The Balaban J connectivity index is 2.98. The van der Waals surface area contributed by atoms with Gasteiger partial charge < -0.3 is 15.5 Å². The summed E-state index contributed by atoms with van der Waals surface area (Å²) in [7, 11) is 1.64. The van der Waals surface area contributed by atoms with Crippen LogP contribution in [0.25, 0.3) is 0 Å². The van der Waals surface area contributed by atoms with Crippen LogP contribution in [0.3, 0.4) is 0 Å². The molecule has 5 nitrogen and oxygen atoms in total. The van der Waals surface area contributed by atoms with E-state index in [2.05, 4.69) is 15.3 Å². The van der Waals surface area contributed by atoms with Gasteiger partial charge in [-0.15, -0.1) is 0 Å². The highest BCUT2D eigenvalue weighted by molar-refractivity contribution is 6.34. The maximum atomic E-state index is 9.25. The summed E-state index contributed by atoms with van der Waals surface area (Å²) >= 11 is 11.7. The van der Waals surface area contributed by atoms with Gasteiger partial charge in [0.05, 0.1) is 12.7 Å². The third-order valence-corrected chi connectivity index (χ3v) is 2.41. The molecule has 0 aliphatic heterocycles. The lowest BCUT2D eigenvalue weighted by molar-refractivity contribution is 0.0954. The Bertz CT molecular complexity index is 326. The molecule has 0 saturated heterocycles. The maximum absolute atomic E-state index is 9.25. The number of hydrogen-bond donors (Lipinski definition) is 3. The summed E-state index contributed by atoms with van der Waals surface area (Å²) in [5.74, 6) is 0.312. The smallest absolute Gasteiger partial charge is 0.225 e. The molecule has 0 bridgehead atoms. The summed E-state index contributed by atoms with van der Waals surface area (Å²) < 4.78 is 0. The zero-order valence-electron chi connectivity index (χ0n) is 8.04. The molecular weight excluding hydrogens is 241 g/mol. The predicted molar refractivity (Wildman–Crippen MR) is 58.4 cm³/mol. The molecule has 1 atom stereocenters. The summed E-state index contributed by atoms with van der Waals surface area (Å²) in [6, 6.07) is 0. The summed E-state index contributed by atoms with van der Waals surface area (Å²) in [4.78, 5) is 7.81. The number of nitrogens with one attached hydrogen (secondary N) is 1. The van der Waals surface area contributed by atoms with Crippen LogP contribution in [0.2, 0.25) is 10.3 Å². The van der Waals surface area contributed by atoms with Gasteiger partial charge in [-0.05, 0) is 0 Å². The lowest BCUT2D eigenvalue weighted by atomic mass is 10.1. The fraction of sp³-hybridized carbons (Fsp3) is 0.500. The molecule has 1 rings (SSSR count). The highest BCUT2D eigenvalue weighted by Crippen LogP contribution is 2.23. The van der Waals surface area contributed by atoms with E-state index in [9.17, 15) is 5.11 Å². The molecule has 3 N–H and O–H groups in total. The molecule has 0 amide bonds. The van der Waals surface area contributed by atoms with E-state index in [0.717, 1.165) is 0 Å². The molecule has 0 aliphatic carbocycles. The lowest BCUT2D eigenvalue weighted by Gasteiger charge is -2.10. The van der Waals surface area contributed by atoms with E-state index in [-0.39, 0.29) is 23.3 Å². The number of anilines is 1. The standard InChI is InChI=1S/C8H11Cl2N3O2/c1-11-8-12-6(9)5(7(10)13-8)2-4(15)3-14/h4,14-15H,2-3H2,1H3,(H,11,12,13). The molecule has 1 aromatic rings. The van der Waals surface area contributed by atoms with E-state index < -0.39 is 6.10 Å². The fourth-order valence-corrected chi connectivity index (χ4v) is 1.55. The molecule has 7 heteroatoms. The molecule has 1 heterocycles. The van der Waals surface area contributed by atoms with Crippen molar-refractivity contribution in [2.75, 3.05) is 19.0 Å². The van der Waals surface area contributed by atoms with Crippen molar-refractivity contribution in [1.29, 1.82) is 0 Å². The van der Waals surface area contributed by atoms with Crippen LogP contribution in [0.1, 0.15) is 5.56 Å². The maximum Gasteiger partial charge on any atom is 0.225 e. The Labute approximate surface area is 97.1 Å². The van der Waals surface area contributed by atoms with E-state index in [4.69, 9.17) is 28.3 Å². The van der Waals surface area contributed by atoms with Crippen LogP contribution in [-0.4, -0.2) is 39.9 Å². The number of hydrogen-bond acceptors (Lipinski definition) is 5. The highest BCUT2D eigenvalue weighted by atomic mass is 35.5. The van der Waals surface area contributed by atoms with Gasteiger partial charge in [-0.1, -0.05) is 23.2 Å². The minimum atomic E-state index is -0.913. The Morgan fingerprint density at radius 2 is 1.87 bits per heavy atom. The first kappa shape index (κ1) is 12.4. The second kappa shape index (κ2) is 5.46. The van der Waals surface area contributed by atoms with Crippen molar-refractivity contribution >= 4 is 29.2 Å². The van der Waals surface area contributed by atoms with Crippen LogP contribution in [0.4, 0.5) is 5.95 Å². The van der Waals surface area contributed by atoms with Crippen LogP contribution in [-0.2, 0) is 6.42 Å². The Morgan fingerprint density at radius 1 is 1.33 bits per heavy atom. The molecular formula is C8H11Cl2N3O2. The van der Waals surface area contributed by atoms with E-state index in [0.29, 0.717) is 11.5 Å². The van der Waals surface area contributed by atoms with E-state index in [1.165, 1.54) is 0 Å². The Morgan fingerprint density at radius 3 is 2.27 bits per heavy atom. The summed E-state index contributed by atoms with van der Waals surface area (Å²) in [6.45, 7) is -0.361. The average Bonchev–Trinajstić information content (AvgIpc) is 2.22. The van der Waals surface area contributed by atoms with Crippen molar-refractivity contribution in [3.8, 4) is 0 Å². The Kier molecular flexibility index (Phi) is 4.53. The quantitative estimate of drug-likeness (QED) is 0.688. The van der Waals surface area contributed by atoms with Gasteiger partial charge in [0.25, 0.3) is 0 Å². The SMILES string of the molecule is CNc1nc(Cl)c(CC(O)CO)c(Cl)n1. The van der Waals surface area contributed by atoms with Gasteiger partial charge >= 0.3 is 0 Å². The molecule has 0 fully saturated rings. The van der Waals surface area contributed by atoms with Crippen LogP contribution in [0, 0.1) is 0 Å². The first-order valence-electron chi connectivity index (χ1n) is 4.27. The molecule has 84 valence electrons. The fourth-order valence-electron chi connectivity index (χ4n) is 1.01. The van der Waals surface area contributed by atoms with Crippen molar-refractivity contribution in [2.45, 2.75) is 12.5 Å². The van der Waals surface area contributed by atoms with Gasteiger partial charge in [0.15, 0.2) is 0 Å². The van der Waals surface area contributed by atoms with Crippen LogP contribution in [0.15, 0.2) is 0 Å². The van der Waals surface area contributed by atoms with Crippen molar-refractivity contribution in [3.05, 3.63) is 15.9 Å². The molecule has 0 spiro atoms. The minimum Gasteiger partial charge on any atom is -0.394 e. The van der Waals surface area contributed by atoms with Crippen LogP contribution < -0.4 is 5.32 Å². The van der Waals surface area contributed by atoms with Gasteiger partial charge in [0, 0.05) is 19.0 Å². The van der Waals surface area contributed by atoms with Gasteiger partial charge in [0.1, 0.15) is 10.3 Å². The predicted octanol–water partition coefficient (Wildman–Crippen LogP) is 0.721. The van der Waals surface area contributed by atoms with Gasteiger partial charge in [-0.25, -0.2) is 9.97 Å². The van der Waals surface area contributed by atoms with Crippen molar-refractivity contribution in [3.63, 3.8) is 0 Å². The second-order valence-corrected chi connectivity index (χ2v) is 3.61. The number of aromatic nitrogens is 2. The number of aliphatic hydroxyl groups is 2. The van der Waals surface area contributed by atoms with Crippen LogP contribution >= 0.6 is 23.2 Å². The summed E-state index contributed by atoms with van der Waals surface area (Å²) in [5, 5.41) is 21.0. The van der Waals surface area contributed by atoms with Crippen molar-refractivity contribution < 1.29 is 10.2 Å². The Hall–Kier alpha value is -0.620. The van der Waals surface area contributed by atoms with Gasteiger partial charge in [-0.2, -0.15) is 0 Å². The topological polar surface area (TPSA) is 78.3 Å². The molecule has 0 saturated carbocycles. The first-order valence-corrected chi connectivity index (χ1v) is 5.02. The molecule has 0 aromatic carbocycles. The molecule has 0 radical (unpaired) electrons. The molecule has 15 heavy (non-hydrogen) atoms. The monoisotopic (exact) mass is 251 g/mol. The number of aliphatic hydroxyl groups excluding tert-OH is 2. The number of halogens is 2. The largest absolute Gasteiger partial charge is 0.394 e. The van der Waals surface area contributed by atoms with Crippen molar-refractivity contribution in [1.82, 2.24) is 9.97 Å². The summed E-state index contributed by atoms with van der Waals surface area (Å²) in [5.41, 5.74) is 0.430. The zero-order valence-corrected chi connectivity index (χ0v) is 9.55. The van der Waals surface area contributed by atoms with E-state index in [1.807, 2.05) is 0 Å². The molecule has 0 aliphatic rings. The molecule has 1 aromatic heterocycles. The highest BCUT2D eigenvalue weighted by Gasteiger charge is 2.14. The second-order valence-electron chi connectivity index (χ2n) is 2.90.